The summed E-state index contributed by atoms with van der Waals surface area (Å²) in [5.74, 6) is 0. The Morgan fingerprint density at radius 1 is 0.429 bits per heavy atom. The maximum absolute atomic E-state index is 7.79. The van der Waals surface area contributed by atoms with Crippen LogP contribution in [0.3, 0.4) is 0 Å². The lowest BCUT2D eigenvalue weighted by atomic mass is 9.35. The maximum Gasteiger partial charge on any atom is 0.297 e. The number of benzene rings is 7. The lowest BCUT2D eigenvalue weighted by Gasteiger charge is -2.47. The van der Waals surface area contributed by atoms with Gasteiger partial charge in [0.15, 0.2) is 0 Å². The fraction of sp³-hybridized carbons (Fsp3) is 0.389. The molecule has 5 aliphatic rings. The second-order valence-corrected chi connectivity index (χ2v) is 29.0. The van der Waals surface area contributed by atoms with E-state index < -0.39 is 0 Å². The molecule has 392 valence electrons. The zero-order valence-electron chi connectivity index (χ0n) is 48.8. The second kappa shape index (κ2) is 16.5. The van der Waals surface area contributed by atoms with Crippen molar-refractivity contribution in [1.29, 1.82) is 0 Å². The molecule has 0 spiro atoms. The van der Waals surface area contributed by atoms with Crippen LogP contribution in [0, 0.1) is 0 Å². The van der Waals surface area contributed by atoms with Gasteiger partial charge in [-0.1, -0.05) is 152 Å². The minimum Gasteiger partial charge on any atom is -0.468 e. The lowest BCUT2D eigenvalue weighted by Crippen LogP contribution is -2.61. The van der Waals surface area contributed by atoms with E-state index in [2.05, 4.69) is 258 Å². The van der Waals surface area contributed by atoms with Gasteiger partial charge in [0.25, 0.3) is 6.71 Å². The van der Waals surface area contributed by atoms with Crippen molar-refractivity contribution >= 4 is 85.5 Å². The summed E-state index contributed by atoms with van der Waals surface area (Å²) in [6.45, 7) is 36.6. The number of fused-ring (bicyclic) bond motifs is 9. The molecule has 0 bridgehead atoms. The van der Waals surface area contributed by atoms with Gasteiger partial charge in [-0.05, 0) is 217 Å². The number of hydrogen-bond donors (Lipinski definition) is 0. The van der Waals surface area contributed by atoms with E-state index in [1.54, 1.807) is 0 Å². The monoisotopic (exact) mass is 1010 g/mol. The number of nitrogens with zero attached hydrogens (tertiary/aromatic N) is 3. The Balaban J connectivity index is 1.14. The summed E-state index contributed by atoms with van der Waals surface area (Å²) in [4.78, 5) is 7.68. The molecular formula is C72H80BN3O. The molecule has 0 unspecified atom stereocenters. The van der Waals surface area contributed by atoms with Crippen molar-refractivity contribution < 1.29 is 4.42 Å². The third-order valence-corrected chi connectivity index (χ3v) is 20.0. The highest BCUT2D eigenvalue weighted by atomic mass is 16.3. The van der Waals surface area contributed by atoms with E-state index in [1.165, 1.54) is 90.1 Å². The molecule has 5 heteroatoms. The van der Waals surface area contributed by atoms with Crippen molar-refractivity contribution in [1.82, 2.24) is 0 Å². The summed E-state index contributed by atoms with van der Waals surface area (Å²) in [5, 5.41) is 1.19. The first-order valence-electron chi connectivity index (χ1n) is 29.0. The molecule has 7 aromatic carbocycles. The molecule has 77 heavy (non-hydrogen) atoms. The van der Waals surface area contributed by atoms with Gasteiger partial charge in [0, 0.05) is 50.9 Å². The van der Waals surface area contributed by atoms with Gasteiger partial charge in [0.2, 0.25) is 0 Å². The summed E-state index contributed by atoms with van der Waals surface area (Å²) >= 11 is 0. The molecule has 8 aromatic rings. The molecule has 0 radical (unpaired) electrons. The molecular weight excluding hydrogens is 934 g/mol. The number of para-hydroxylation sites is 2. The van der Waals surface area contributed by atoms with Crippen LogP contribution >= 0.6 is 0 Å². The predicted octanol–water partition coefficient (Wildman–Crippen LogP) is 18.3. The van der Waals surface area contributed by atoms with E-state index in [9.17, 15) is 0 Å². The van der Waals surface area contributed by atoms with Crippen LogP contribution < -0.4 is 31.3 Å². The predicted molar refractivity (Wildman–Crippen MR) is 329 cm³/mol. The van der Waals surface area contributed by atoms with E-state index in [1.807, 2.05) is 0 Å². The highest BCUT2D eigenvalue weighted by Crippen LogP contribution is 2.55. The third kappa shape index (κ3) is 7.66. The van der Waals surface area contributed by atoms with Crippen molar-refractivity contribution in [2.24, 2.45) is 0 Å². The van der Waals surface area contributed by atoms with Crippen LogP contribution in [0.25, 0.3) is 11.0 Å². The van der Waals surface area contributed by atoms with Crippen molar-refractivity contribution in [2.75, 3.05) is 14.7 Å². The molecule has 0 saturated heterocycles. The molecule has 3 aliphatic carbocycles. The summed E-state index contributed by atoms with van der Waals surface area (Å²) < 4.78 is 7.79. The van der Waals surface area contributed by atoms with Crippen molar-refractivity contribution in [3.8, 4) is 0 Å². The average Bonchev–Trinajstić information content (AvgIpc) is 4.06. The molecule has 4 nitrogen and oxygen atoms in total. The summed E-state index contributed by atoms with van der Waals surface area (Å²) in [5.41, 5.74) is 25.5. The third-order valence-electron chi connectivity index (χ3n) is 20.0. The number of rotatable bonds is 5. The van der Waals surface area contributed by atoms with Gasteiger partial charge in [0.1, 0.15) is 5.58 Å². The van der Waals surface area contributed by atoms with Gasteiger partial charge in [-0.15, -0.1) is 0 Å². The first kappa shape index (κ1) is 50.1. The minimum absolute atomic E-state index is 0.00803. The van der Waals surface area contributed by atoms with Gasteiger partial charge in [-0.3, -0.25) is 0 Å². The number of furan rings is 1. The van der Waals surface area contributed by atoms with Crippen LogP contribution in [-0.4, -0.2) is 6.71 Å². The van der Waals surface area contributed by atoms with E-state index in [0.29, 0.717) is 0 Å². The van der Waals surface area contributed by atoms with Crippen LogP contribution in [0.4, 0.5) is 51.2 Å². The molecule has 0 amide bonds. The van der Waals surface area contributed by atoms with E-state index in [-0.39, 0.29) is 44.6 Å². The summed E-state index contributed by atoms with van der Waals surface area (Å²) in [7, 11) is 0. The highest BCUT2D eigenvalue weighted by Gasteiger charge is 2.51. The quantitative estimate of drug-likeness (QED) is 0.160. The standard InChI is InChI=1S/C72H80BN3O/c1-66(2,3)45-38-60-63-61(39-45)76(49-28-26-48(27-29-49)74(46-22-18-16-19-23-46)47-24-20-17-21-25-47)64-51-41-54-57(72(14,15)37-34-69(54,8)9)44-62(51)77-65(64)73(63)58-42-55-56(71(12,13)36-35-70(55,10)11)43-59(58)75(60)50-30-31-52-53(40-50)68(6,7)33-32-67(52,4)5/h16-31,38-44H,32-37H2,1-15H3. The molecule has 2 aliphatic heterocycles. The zero-order chi connectivity index (χ0) is 54.1. The van der Waals surface area contributed by atoms with E-state index in [0.717, 1.165) is 66.1 Å². The first-order chi connectivity index (χ1) is 36.3. The Hall–Kier alpha value is -6.46. The Morgan fingerprint density at radius 2 is 0.870 bits per heavy atom. The van der Waals surface area contributed by atoms with Gasteiger partial charge in [0.05, 0.1) is 11.3 Å². The Kier molecular flexibility index (Phi) is 10.8. The van der Waals surface area contributed by atoms with Crippen molar-refractivity contribution in [3.63, 3.8) is 0 Å². The Bertz CT molecular complexity index is 3660. The average molecular weight is 1010 g/mol. The van der Waals surface area contributed by atoms with Crippen LogP contribution in [0.5, 0.6) is 0 Å². The summed E-state index contributed by atoms with van der Waals surface area (Å²) in [6.07, 6.45) is 6.93. The van der Waals surface area contributed by atoms with Gasteiger partial charge in [-0.25, -0.2) is 0 Å². The molecule has 0 fully saturated rings. The minimum atomic E-state index is -0.161. The van der Waals surface area contributed by atoms with Crippen LogP contribution in [0.15, 0.2) is 144 Å². The Morgan fingerprint density at radius 3 is 1.40 bits per heavy atom. The second-order valence-electron chi connectivity index (χ2n) is 29.0. The maximum atomic E-state index is 7.79. The fourth-order valence-electron chi connectivity index (χ4n) is 14.6. The fourth-order valence-corrected chi connectivity index (χ4v) is 14.6. The molecule has 3 heterocycles. The van der Waals surface area contributed by atoms with E-state index >= 15 is 0 Å². The van der Waals surface area contributed by atoms with Gasteiger partial charge >= 0.3 is 0 Å². The highest BCUT2D eigenvalue weighted by molar-refractivity contribution is 7.00. The molecule has 13 rings (SSSR count). The smallest absolute Gasteiger partial charge is 0.297 e. The normalized spacial score (nSPS) is 19.6. The van der Waals surface area contributed by atoms with Crippen molar-refractivity contribution in [3.05, 3.63) is 178 Å². The first-order valence-corrected chi connectivity index (χ1v) is 29.0. The SMILES string of the molecule is CC(C)(C)c1cc2c3c(c1)N(c1ccc(N(c4ccccc4)c4ccccc4)cc1)c1c(oc4cc5c(cc14)C(C)(C)CCC5(C)C)B3c1cc3c(cc1N2c1ccc2c(c1)C(C)(C)CCC2(C)C)C(C)(C)CCC3(C)C. The Labute approximate surface area is 461 Å². The number of hydrogen-bond acceptors (Lipinski definition) is 4. The molecule has 0 N–H and O–H groups in total. The molecule has 1 aromatic heterocycles. The van der Waals surface area contributed by atoms with E-state index in [4.69, 9.17) is 4.42 Å². The lowest BCUT2D eigenvalue weighted by molar-refractivity contribution is 0.332. The van der Waals surface area contributed by atoms with Crippen LogP contribution in [0.2, 0.25) is 0 Å². The molecule has 0 atom stereocenters. The summed E-state index contributed by atoms with van der Waals surface area (Å²) in [6, 6.07) is 53.9. The van der Waals surface area contributed by atoms with Crippen LogP contribution in [-0.2, 0) is 37.9 Å². The topological polar surface area (TPSA) is 22.9 Å². The van der Waals surface area contributed by atoms with Crippen molar-refractivity contribution in [2.45, 2.75) is 180 Å². The molecule has 0 saturated carbocycles. The largest absolute Gasteiger partial charge is 0.468 e. The van der Waals surface area contributed by atoms with Crippen LogP contribution in [0.1, 0.15) is 181 Å². The van der Waals surface area contributed by atoms with Gasteiger partial charge in [-0.2, -0.15) is 0 Å². The zero-order valence-corrected chi connectivity index (χ0v) is 48.8. The number of anilines is 9. The van der Waals surface area contributed by atoms with Gasteiger partial charge < -0.3 is 19.1 Å².